The van der Waals surface area contributed by atoms with Crippen LogP contribution in [-0.4, -0.2) is 19.6 Å². The van der Waals surface area contributed by atoms with Gasteiger partial charge < -0.3 is 14.8 Å². The van der Waals surface area contributed by atoms with Crippen LogP contribution in [0.5, 0.6) is 11.5 Å². The highest BCUT2D eigenvalue weighted by molar-refractivity contribution is 5.78. The van der Waals surface area contributed by atoms with Crippen LogP contribution in [0, 0.1) is 5.82 Å². The number of methoxy groups -OCH3 is 1. The normalized spacial score (nSPS) is 12.0. The largest absolute Gasteiger partial charge is 0.493 e. The molecule has 2 rings (SSSR count). The Labute approximate surface area is 147 Å². The van der Waals surface area contributed by atoms with Gasteiger partial charge in [0, 0.05) is 0 Å². The van der Waals surface area contributed by atoms with Crippen LogP contribution in [0.1, 0.15) is 31.0 Å². The summed E-state index contributed by atoms with van der Waals surface area (Å²) in [5, 5.41) is 2.82. The smallest absolute Gasteiger partial charge is 0.258 e. The number of nitrogens with one attached hydrogen (secondary N) is 1. The summed E-state index contributed by atoms with van der Waals surface area (Å²) in [4.78, 5) is 12.1. The molecular weight excluding hydrogens is 321 g/mol. The van der Waals surface area contributed by atoms with Gasteiger partial charge >= 0.3 is 0 Å². The Balaban J connectivity index is 1.94. The van der Waals surface area contributed by atoms with Gasteiger partial charge in [0.15, 0.2) is 18.1 Å². The highest BCUT2D eigenvalue weighted by Gasteiger charge is 2.12. The van der Waals surface area contributed by atoms with E-state index in [1.165, 1.54) is 12.1 Å². The first-order chi connectivity index (χ1) is 12.0. The third kappa shape index (κ3) is 5.35. The van der Waals surface area contributed by atoms with Crippen LogP contribution in [0.4, 0.5) is 4.39 Å². The third-order valence-corrected chi connectivity index (χ3v) is 3.65. The number of ether oxygens (including phenoxy) is 2. The van der Waals surface area contributed by atoms with Crippen LogP contribution in [0.2, 0.25) is 0 Å². The van der Waals surface area contributed by atoms with Crippen molar-refractivity contribution in [1.29, 1.82) is 0 Å². The van der Waals surface area contributed by atoms with Gasteiger partial charge in [-0.25, -0.2) is 4.39 Å². The first-order valence-electron chi connectivity index (χ1n) is 8.02. The van der Waals surface area contributed by atoms with Crippen LogP contribution in [-0.2, 0) is 4.79 Å². The second-order valence-electron chi connectivity index (χ2n) is 5.54. The van der Waals surface area contributed by atoms with Gasteiger partial charge in [-0.3, -0.25) is 4.79 Å². The van der Waals surface area contributed by atoms with Gasteiger partial charge in [-0.05, 0) is 49.2 Å². The molecule has 25 heavy (non-hydrogen) atoms. The Kier molecular flexibility index (Phi) is 6.57. The lowest BCUT2D eigenvalue weighted by Gasteiger charge is -2.15. The molecule has 0 fully saturated rings. The fourth-order valence-corrected chi connectivity index (χ4v) is 2.36. The number of allylic oxidation sites excluding steroid dienone is 1. The predicted molar refractivity (Wildman–Crippen MR) is 96.2 cm³/mol. The Hall–Kier alpha value is -2.82. The lowest BCUT2D eigenvalue weighted by atomic mass is 10.1. The van der Waals surface area contributed by atoms with Gasteiger partial charge in [0.1, 0.15) is 5.82 Å². The van der Waals surface area contributed by atoms with E-state index >= 15 is 0 Å². The van der Waals surface area contributed by atoms with Crippen molar-refractivity contribution >= 4 is 12.0 Å². The monoisotopic (exact) mass is 343 g/mol. The van der Waals surface area contributed by atoms with E-state index in [4.69, 9.17) is 9.47 Å². The average Bonchev–Trinajstić information content (AvgIpc) is 2.61. The van der Waals surface area contributed by atoms with Gasteiger partial charge in [-0.1, -0.05) is 30.4 Å². The zero-order chi connectivity index (χ0) is 18.2. The predicted octanol–water partition coefficient (Wildman–Crippen LogP) is 4.12. The van der Waals surface area contributed by atoms with Gasteiger partial charge in [-0.15, -0.1) is 0 Å². The van der Waals surface area contributed by atoms with Crippen LogP contribution in [0.25, 0.3) is 6.08 Å². The van der Waals surface area contributed by atoms with E-state index < -0.39 is 0 Å². The molecule has 0 aliphatic carbocycles. The van der Waals surface area contributed by atoms with Crippen LogP contribution in [0.15, 0.2) is 48.5 Å². The summed E-state index contributed by atoms with van der Waals surface area (Å²) in [6, 6.07) is 11.3. The molecule has 132 valence electrons. The molecule has 1 unspecified atom stereocenters. The molecule has 0 aliphatic heterocycles. The maximum Gasteiger partial charge on any atom is 0.258 e. The van der Waals surface area contributed by atoms with Crippen LogP contribution >= 0.6 is 0 Å². The Bertz CT molecular complexity index is 741. The summed E-state index contributed by atoms with van der Waals surface area (Å²) in [5.41, 5.74) is 1.81. The van der Waals surface area contributed by atoms with E-state index in [0.29, 0.717) is 11.5 Å². The minimum Gasteiger partial charge on any atom is -0.493 e. The van der Waals surface area contributed by atoms with Gasteiger partial charge in [0.25, 0.3) is 5.91 Å². The van der Waals surface area contributed by atoms with E-state index in [0.717, 1.165) is 11.1 Å². The van der Waals surface area contributed by atoms with Gasteiger partial charge in [-0.2, -0.15) is 0 Å². The molecule has 2 aromatic carbocycles. The van der Waals surface area contributed by atoms with Crippen molar-refractivity contribution in [3.8, 4) is 11.5 Å². The fraction of sp³-hybridized carbons (Fsp3) is 0.250. The SMILES string of the molecule is C/C=C/c1ccc(OCC(=O)NC(C)c2ccc(F)cc2)c(OC)c1. The zero-order valence-corrected chi connectivity index (χ0v) is 14.6. The van der Waals surface area contributed by atoms with Gasteiger partial charge in [0.2, 0.25) is 0 Å². The van der Waals surface area contributed by atoms with Crippen molar-refractivity contribution in [3.05, 3.63) is 65.5 Å². The zero-order valence-electron chi connectivity index (χ0n) is 14.6. The summed E-state index contributed by atoms with van der Waals surface area (Å²) in [7, 11) is 1.55. The number of carbonyl (C=O) groups is 1. The molecule has 0 spiro atoms. The van der Waals surface area contributed by atoms with Crippen molar-refractivity contribution in [2.45, 2.75) is 19.9 Å². The third-order valence-electron chi connectivity index (χ3n) is 3.65. The number of carbonyl (C=O) groups excluding carboxylic acids is 1. The molecule has 0 saturated heterocycles. The summed E-state index contributed by atoms with van der Waals surface area (Å²) in [5.74, 6) is 0.491. The maximum absolute atomic E-state index is 12.9. The molecule has 0 radical (unpaired) electrons. The van der Waals surface area contributed by atoms with Crippen LogP contribution < -0.4 is 14.8 Å². The molecule has 1 amide bonds. The van der Waals surface area contributed by atoms with E-state index in [9.17, 15) is 9.18 Å². The quantitative estimate of drug-likeness (QED) is 0.822. The maximum atomic E-state index is 12.9. The fourth-order valence-electron chi connectivity index (χ4n) is 2.36. The number of hydrogen-bond donors (Lipinski definition) is 1. The molecule has 5 heteroatoms. The lowest BCUT2D eigenvalue weighted by Crippen LogP contribution is -2.31. The number of benzene rings is 2. The Morgan fingerprint density at radius 1 is 1.20 bits per heavy atom. The summed E-state index contributed by atoms with van der Waals surface area (Å²) in [6.45, 7) is 3.63. The number of amides is 1. The number of rotatable bonds is 7. The van der Waals surface area contributed by atoms with Crippen molar-refractivity contribution in [2.75, 3.05) is 13.7 Å². The molecule has 0 bridgehead atoms. The first kappa shape index (κ1) is 18.5. The summed E-state index contributed by atoms with van der Waals surface area (Å²) < 4.78 is 23.8. The highest BCUT2D eigenvalue weighted by atomic mass is 19.1. The van der Waals surface area contributed by atoms with Crippen LogP contribution in [0.3, 0.4) is 0 Å². The highest BCUT2D eigenvalue weighted by Crippen LogP contribution is 2.28. The molecule has 1 N–H and O–H groups in total. The number of halogens is 1. The average molecular weight is 343 g/mol. The lowest BCUT2D eigenvalue weighted by molar-refractivity contribution is -0.123. The molecule has 1 atom stereocenters. The second-order valence-corrected chi connectivity index (χ2v) is 5.54. The summed E-state index contributed by atoms with van der Waals surface area (Å²) in [6.07, 6.45) is 3.88. The molecule has 0 aromatic heterocycles. The van der Waals surface area contributed by atoms with E-state index in [2.05, 4.69) is 5.32 Å². The molecular formula is C20H22FNO3. The molecule has 4 nitrogen and oxygen atoms in total. The molecule has 0 aliphatic rings. The van der Waals surface area contributed by atoms with Crippen molar-refractivity contribution in [1.82, 2.24) is 5.32 Å². The molecule has 0 saturated carbocycles. The Morgan fingerprint density at radius 2 is 1.92 bits per heavy atom. The summed E-state index contributed by atoms with van der Waals surface area (Å²) >= 11 is 0. The molecule has 2 aromatic rings. The molecule has 0 heterocycles. The number of hydrogen-bond acceptors (Lipinski definition) is 3. The van der Waals surface area contributed by atoms with Crippen molar-refractivity contribution in [3.63, 3.8) is 0 Å². The van der Waals surface area contributed by atoms with Crippen molar-refractivity contribution < 1.29 is 18.7 Å². The van der Waals surface area contributed by atoms with E-state index in [1.807, 2.05) is 38.1 Å². The topological polar surface area (TPSA) is 47.6 Å². The minimum atomic E-state index is -0.306. The minimum absolute atomic E-state index is 0.134. The van der Waals surface area contributed by atoms with Crippen molar-refractivity contribution in [2.24, 2.45) is 0 Å². The second kappa shape index (κ2) is 8.87. The standard InChI is InChI=1S/C20H22FNO3/c1-4-5-15-6-11-18(19(12-15)24-3)25-13-20(23)22-14(2)16-7-9-17(21)10-8-16/h4-12,14H,13H2,1-3H3,(H,22,23)/b5-4+. The Morgan fingerprint density at radius 3 is 2.56 bits per heavy atom. The van der Waals surface area contributed by atoms with Gasteiger partial charge in [0.05, 0.1) is 13.2 Å². The van der Waals surface area contributed by atoms with E-state index in [1.54, 1.807) is 25.3 Å². The van der Waals surface area contributed by atoms with E-state index in [-0.39, 0.29) is 24.4 Å². The first-order valence-corrected chi connectivity index (χ1v) is 8.02.